The van der Waals surface area contributed by atoms with Crippen LogP contribution in [0, 0.1) is 0 Å². The predicted octanol–water partition coefficient (Wildman–Crippen LogP) is 2.88. The molecule has 0 fully saturated rings. The van der Waals surface area contributed by atoms with Gasteiger partial charge in [-0.3, -0.25) is 0 Å². The number of carbonyl (C=O) groups is 1. The van der Waals surface area contributed by atoms with Crippen molar-refractivity contribution in [2.24, 2.45) is 0 Å². The molecular weight excluding hydrogens is 256 g/mol. The molecule has 0 spiro atoms. The molecule has 5 heteroatoms. The van der Waals surface area contributed by atoms with Gasteiger partial charge in [0, 0.05) is 12.4 Å². The number of ether oxygens (including phenoxy) is 1. The van der Waals surface area contributed by atoms with Gasteiger partial charge in [0.2, 0.25) is 0 Å². The first-order valence-corrected chi connectivity index (χ1v) is 6.33. The quantitative estimate of drug-likeness (QED) is 0.906. The van der Waals surface area contributed by atoms with E-state index in [1.54, 1.807) is 0 Å². The zero-order valence-corrected chi connectivity index (χ0v) is 11.4. The average molecular weight is 272 g/mol. The maximum atomic E-state index is 10.7. The average Bonchev–Trinajstić information content (AvgIpc) is 2.46. The van der Waals surface area contributed by atoms with E-state index in [2.05, 4.69) is 29.9 Å². The highest BCUT2D eigenvalue weighted by Crippen LogP contribution is 2.20. The normalized spacial score (nSPS) is 10.6. The van der Waals surface area contributed by atoms with Crippen molar-refractivity contribution in [1.82, 2.24) is 9.97 Å². The highest BCUT2D eigenvalue weighted by molar-refractivity contribution is 5.86. The van der Waals surface area contributed by atoms with E-state index in [0.717, 1.165) is 5.75 Å². The van der Waals surface area contributed by atoms with Crippen molar-refractivity contribution in [3.8, 4) is 5.75 Å². The van der Waals surface area contributed by atoms with Gasteiger partial charge in [0.05, 0.1) is 5.56 Å². The lowest BCUT2D eigenvalue weighted by Gasteiger charge is -2.09. The van der Waals surface area contributed by atoms with Crippen LogP contribution in [0.15, 0.2) is 36.7 Å². The van der Waals surface area contributed by atoms with E-state index in [9.17, 15) is 4.79 Å². The molecule has 2 rings (SSSR count). The summed E-state index contributed by atoms with van der Waals surface area (Å²) in [6.07, 6.45) is 2.55. The molecule has 0 atom stereocenters. The fourth-order valence-corrected chi connectivity index (χ4v) is 1.65. The first-order valence-electron chi connectivity index (χ1n) is 6.33. The van der Waals surface area contributed by atoms with Gasteiger partial charge >= 0.3 is 5.97 Å². The van der Waals surface area contributed by atoms with Crippen molar-refractivity contribution in [3.63, 3.8) is 0 Å². The van der Waals surface area contributed by atoms with Crippen LogP contribution in [0.3, 0.4) is 0 Å². The third kappa shape index (κ3) is 3.54. The number of benzene rings is 1. The lowest BCUT2D eigenvalue weighted by Crippen LogP contribution is -2.05. The molecule has 0 unspecified atom stereocenters. The summed E-state index contributed by atoms with van der Waals surface area (Å²) in [5, 5.41) is 8.75. The van der Waals surface area contributed by atoms with Crippen LogP contribution in [-0.4, -0.2) is 21.0 Å². The summed E-state index contributed by atoms with van der Waals surface area (Å²) in [5.74, 6) is 0.596. The Morgan fingerprint density at radius 3 is 2.60 bits per heavy atom. The number of aromatic carboxylic acids is 1. The molecule has 0 bridgehead atoms. The van der Waals surface area contributed by atoms with Crippen LogP contribution in [0.5, 0.6) is 5.75 Å². The molecule has 0 aliphatic rings. The minimum atomic E-state index is -1.04. The van der Waals surface area contributed by atoms with Crippen molar-refractivity contribution in [2.75, 3.05) is 0 Å². The molecule has 1 aromatic carbocycles. The molecular formula is C15H16N2O3. The zero-order valence-electron chi connectivity index (χ0n) is 11.4. The molecule has 0 aliphatic heterocycles. The fourth-order valence-electron chi connectivity index (χ4n) is 1.65. The van der Waals surface area contributed by atoms with Gasteiger partial charge in [0.15, 0.2) is 5.82 Å². The number of aromatic nitrogens is 2. The third-order valence-corrected chi connectivity index (χ3v) is 2.84. The summed E-state index contributed by atoms with van der Waals surface area (Å²) in [6.45, 7) is 4.45. The van der Waals surface area contributed by atoms with E-state index in [-0.39, 0.29) is 12.2 Å². The molecule has 2 aromatic rings. The monoisotopic (exact) mass is 272 g/mol. The second-order valence-electron chi connectivity index (χ2n) is 4.71. The van der Waals surface area contributed by atoms with Crippen LogP contribution in [0.1, 0.15) is 41.5 Å². The summed E-state index contributed by atoms with van der Waals surface area (Å²) in [6, 6.07) is 7.85. The van der Waals surface area contributed by atoms with Crippen molar-refractivity contribution in [2.45, 2.75) is 26.4 Å². The first-order chi connectivity index (χ1) is 9.56. The number of carboxylic acids is 1. The number of rotatable bonds is 5. The highest BCUT2D eigenvalue weighted by Gasteiger charge is 2.05. The maximum Gasteiger partial charge on any atom is 0.338 e. The van der Waals surface area contributed by atoms with Crippen molar-refractivity contribution in [1.29, 1.82) is 0 Å². The van der Waals surface area contributed by atoms with Crippen LogP contribution < -0.4 is 4.74 Å². The molecule has 1 heterocycles. The largest absolute Gasteiger partial charge is 0.486 e. The van der Waals surface area contributed by atoms with Gasteiger partial charge in [-0.15, -0.1) is 0 Å². The Morgan fingerprint density at radius 2 is 2.00 bits per heavy atom. The summed E-state index contributed by atoms with van der Waals surface area (Å²) in [7, 11) is 0. The second-order valence-corrected chi connectivity index (χ2v) is 4.71. The number of carboxylic acid groups (broad SMARTS) is 1. The summed E-state index contributed by atoms with van der Waals surface area (Å²) < 4.78 is 5.61. The number of nitrogens with zero attached hydrogens (tertiary/aromatic N) is 2. The van der Waals surface area contributed by atoms with Crippen LogP contribution in [0.25, 0.3) is 0 Å². The van der Waals surface area contributed by atoms with Gasteiger partial charge in [0.1, 0.15) is 12.4 Å². The molecule has 0 saturated heterocycles. The Labute approximate surface area is 117 Å². The van der Waals surface area contributed by atoms with Crippen LogP contribution in [0.2, 0.25) is 0 Å². The van der Waals surface area contributed by atoms with E-state index in [1.165, 1.54) is 18.0 Å². The van der Waals surface area contributed by atoms with E-state index in [0.29, 0.717) is 11.7 Å². The molecule has 104 valence electrons. The Balaban J connectivity index is 2.01. The molecule has 0 aliphatic carbocycles. The highest BCUT2D eigenvalue weighted by atomic mass is 16.5. The molecule has 0 radical (unpaired) electrons. The minimum Gasteiger partial charge on any atom is -0.486 e. The van der Waals surface area contributed by atoms with Crippen molar-refractivity contribution in [3.05, 3.63) is 53.6 Å². The zero-order chi connectivity index (χ0) is 14.5. The summed E-state index contributed by atoms with van der Waals surface area (Å²) >= 11 is 0. The fraction of sp³-hybridized carbons (Fsp3) is 0.267. The minimum absolute atomic E-state index is 0.0653. The van der Waals surface area contributed by atoms with Gasteiger partial charge in [-0.05, 0) is 23.6 Å². The van der Waals surface area contributed by atoms with Crippen molar-refractivity contribution >= 4 is 5.97 Å². The Morgan fingerprint density at radius 1 is 1.30 bits per heavy atom. The first kappa shape index (κ1) is 14.0. The van der Waals surface area contributed by atoms with Gasteiger partial charge < -0.3 is 9.84 Å². The third-order valence-electron chi connectivity index (χ3n) is 2.84. The SMILES string of the molecule is CC(C)c1cccc(OCc2ncc(C(=O)O)cn2)c1. The van der Waals surface area contributed by atoms with Crippen molar-refractivity contribution < 1.29 is 14.6 Å². The topological polar surface area (TPSA) is 72.3 Å². The summed E-state index contributed by atoms with van der Waals surface area (Å²) in [4.78, 5) is 18.6. The molecule has 1 N–H and O–H groups in total. The van der Waals surface area contributed by atoms with E-state index in [1.807, 2.05) is 18.2 Å². The van der Waals surface area contributed by atoms with Gasteiger partial charge in [-0.1, -0.05) is 26.0 Å². The molecule has 0 saturated carbocycles. The standard InChI is InChI=1S/C15H16N2O3/c1-10(2)11-4-3-5-13(6-11)20-9-14-16-7-12(8-17-14)15(18)19/h3-8,10H,9H2,1-2H3,(H,18,19). The van der Waals surface area contributed by atoms with E-state index < -0.39 is 5.97 Å². The second kappa shape index (κ2) is 6.14. The summed E-state index contributed by atoms with van der Waals surface area (Å²) in [5.41, 5.74) is 1.26. The molecule has 20 heavy (non-hydrogen) atoms. The van der Waals surface area contributed by atoms with Crippen LogP contribution in [0.4, 0.5) is 0 Å². The molecule has 5 nitrogen and oxygen atoms in total. The van der Waals surface area contributed by atoms with Gasteiger partial charge in [-0.25, -0.2) is 14.8 Å². The molecule has 0 amide bonds. The van der Waals surface area contributed by atoms with Crippen LogP contribution in [-0.2, 0) is 6.61 Å². The smallest absolute Gasteiger partial charge is 0.338 e. The lowest BCUT2D eigenvalue weighted by molar-refractivity contribution is 0.0695. The lowest BCUT2D eigenvalue weighted by atomic mass is 10.0. The van der Waals surface area contributed by atoms with Crippen LogP contribution >= 0.6 is 0 Å². The number of hydrogen-bond donors (Lipinski definition) is 1. The number of hydrogen-bond acceptors (Lipinski definition) is 4. The molecule has 1 aromatic heterocycles. The van der Waals surface area contributed by atoms with Gasteiger partial charge in [-0.2, -0.15) is 0 Å². The Bertz CT molecular complexity index is 594. The Kier molecular flexibility index (Phi) is 4.30. The van der Waals surface area contributed by atoms with E-state index in [4.69, 9.17) is 9.84 Å². The maximum absolute atomic E-state index is 10.7. The predicted molar refractivity (Wildman–Crippen MR) is 73.9 cm³/mol. The Hall–Kier alpha value is -2.43. The van der Waals surface area contributed by atoms with Gasteiger partial charge in [0.25, 0.3) is 0 Å². The van der Waals surface area contributed by atoms with E-state index >= 15 is 0 Å².